The van der Waals surface area contributed by atoms with Crippen molar-refractivity contribution in [1.29, 1.82) is 0 Å². The Labute approximate surface area is 207 Å². The van der Waals surface area contributed by atoms with Crippen molar-refractivity contribution in [3.63, 3.8) is 0 Å². The van der Waals surface area contributed by atoms with Crippen LogP contribution in [-0.2, 0) is 25.7 Å². The summed E-state index contributed by atoms with van der Waals surface area (Å²) in [5, 5.41) is 0. The number of carbonyl (C=O) groups is 2. The van der Waals surface area contributed by atoms with Crippen LogP contribution in [0, 0.1) is 11.8 Å². The van der Waals surface area contributed by atoms with Gasteiger partial charge in [-0.25, -0.2) is 4.79 Å². The number of hydrogen-bond donors (Lipinski definition) is 0. The largest absolute Gasteiger partial charge is 0.459 e. The van der Waals surface area contributed by atoms with Crippen molar-refractivity contribution in [3.8, 4) is 0 Å². The van der Waals surface area contributed by atoms with Crippen LogP contribution in [0.4, 0.5) is 0 Å². The molecule has 6 heteroatoms. The summed E-state index contributed by atoms with van der Waals surface area (Å²) in [5.41, 5.74) is 0.0223. The number of benzene rings is 1. The SMILES string of the molecule is CCCN1CCN(C(=O)CC(C)C(C)CCOC(C)(CCC)C(=O)OCc2ccccc2)CC1. The minimum absolute atomic E-state index is 0.255. The third-order valence-electron chi connectivity index (χ3n) is 7.10. The van der Waals surface area contributed by atoms with Crippen LogP contribution in [0.3, 0.4) is 0 Å². The predicted molar refractivity (Wildman–Crippen MR) is 136 cm³/mol. The van der Waals surface area contributed by atoms with E-state index in [-0.39, 0.29) is 24.4 Å². The minimum Gasteiger partial charge on any atom is -0.459 e. The quantitative estimate of drug-likeness (QED) is 0.359. The molecule has 1 fully saturated rings. The van der Waals surface area contributed by atoms with Crippen molar-refractivity contribution >= 4 is 11.9 Å². The van der Waals surface area contributed by atoms with E-state index in [4.69, 9.17) is 9.47 Å². The number of esters is 1. The first kappa shape index (κ1) is 28.3. The normalized spacial score (nSPS) is 18.2. The van der Waals surface area contributed by atoms with E-state index in [1.807, 2.05) is 49.1 Å². The number of carbonyl (C=O) groups excluding carboxylic acids is 2. The van der Waals surface area contributed by atoms with Crippen molar-refractivity contribution in [2.75, 3.05) is 39.3 Å². The first-order valence-corrected chi connectivity index (χ1v) is 13.1. The Morgan fingerprint density at radius 1 is 1.00 bits per heavy atom. The summed E-state index contributed by atoms with van der Waals surface area (Å²) in [6.45, 7) is 15.9. The fourth-order valence-corrected chi connectivity index (χ4v) is 4.48. The zero-order chi connectivity index (χ0) is 25.0. The first-order valence-electron chi connectivity index (χ1n) is 13.1. The highest BCUT2D eigenvalue weighted by atomic mass is 16.6. The minimum atomic E-state index is -0.944. The Bertz CT molecular complexity index is 733. The van der Waals surface area contributed by atoms with Crippen molar-refractivity contribution in [2.45, 2.75) is 78.9 Å². The first-order chi connectivity index (χ1) is 16.3. The second-order valence-corrected chi connectivity index (χ2v) is 10.1. The molecule has 0 spiro atoms. The second-order valence-electron chi connectivity index (χ2n) is 10.1. The Morgan fingerprint density at radius 3 is 2.29 bits per heavy atom. The molecule has 1 aliphatic heterocycles. The molecule has 0 radical (unpaired) electrons. The fraction of sp³-hybridized carbons (Fsp3) is 0.714. The van der Waals surface area contributed by atoms with Gasteiger partial charge in [0.15, 0.2) is 5.60 Å². The number of hydrogen-bond acceptors (Lipinski definition) is 5. The summed E-state index contributed by atoms with van der Waals surface area (Å²) in [4.78, 5) is 30.1. The molecule has 1 heterocycles. The summed E-state index contributed by atoms with van der Waals surface area (Å²) in [7, 11) is 0. The lowest BCUT2D eigenvalue weighted by atomic mass is 9.89. The van der Waals surface area contributed by atoms with Gasteiger partial charge in [0.05, 0.1) is 0 Å². The molecule has 1 saturated heterocycles. The van der Waals surface area contributed by atoms with Crippen LogP contribution in [0.2, 0.25) is 0 Å². The van der Waals surface area contributed by atoms with E-state index in [1.54, 1.807) is 0 Å². The van der Waals surface area contributed by atoms with Gasteiger partial charge in [0, 0.05) is 39.2 Å². The highest BCUT2D eigenvalue weighted by molar-refractivity contribution is 5.79. The van der Waals surface area contributed by atoms with Crippen molar-refractivity contribution in [1.82, 2.24) is 9.80 Å². The number of nitrogens with zero attached hydrogens (tertiary/aromatic N) is 2. The number of ether oxygens (including phenoxy) is 2. The van der Waals surface area contributed by atoms with Gasteiger partial charge < -0.3 is 14.4 Å². The monoisotopic (exact) mass is 474 g/mol. The van der Waals surface area contributed by atoms with E-state index in [1.165, 1.54) is 0 Å². The molecule has 3 unspecified atom stereocenters. The number of piperazine rings is 1. The van der Waals surface area contributed by atoms with Crippen LogP contribution >= 0.6 is 0 Å². The van der Waals surface area contributed by atoms with Gasteiger partial charge >= 0.3 is 5.97 Å². The third kappa shape index (κ3) is 9.03. The van der Waals surface area contributed by atoms with Crippen LogP contribution < -0.4 is 0 Å². The van der Waals surface area contributed by atoms with Crippen molar-refractivity contribution in [3.05, 3.63) is 35.9 Å². The molecule has 0 aromatic heterocycles. The van der Waals surface area contributed by atoms with E-state index in [0.717, 1.165) is 57.5 Å². The maximum Gasteiger partial charge on any atom is 0.338 e. The molecule has 3 atom stereocenters. The summed E-state index contributed by atoms with van der Waals surface area (Å²) >= 11 is 0. The van der Waals surface area contributed by atoms with Gasteiger partial charge in [0.2, 0.25) is 5.91 Å². The molecule has 34 heavy (non-hydrogen) atoms. The maximum atomic E-state index is 12.8. The molecule has 6 nitrogen and oxygen atoms in total. The maximum absolute atomic E-state index is 12.8. The molecule has 1 aromatic carbocycles. The zero-order valence-electron chi connectivity index (χ0n) is 22.1. The van der Waals surface area contributed by atoms with Crippen LogP contribution in [0.25, 0.3) is 0 Å². The standard InChI is InChI=1S/C28H46N2O4/c1-6-14-28(5,27(32)33-22-25-11-9-8-10-12-25)34-20-13-23(3)24(4)21-26(31)30-18-16-29(15-7-2)17-19-30/h8-12,23-24H,6-7,13-22H2,1-5H3. The summed E-state index contributed by atoms with van der Waals surface area (Å²) in [5.74, 6) is 0.553. The van der Waals surface area contributed by atoms with Crippen LogP contribution in [0.15, 0.2) is 30.3 Å². The lowest BCUT2D eigenvalue weighted by Crippen LogP contribution is -2.49. The van der Waals surface area contributed by atoms with E-state index in [0.29, 0.717) is 25.4 Å². The molecule has 192 valence electrons. The van der Waals surface area contributed by atoms with Gasteiger partial charge in [-0.15, -0.1) is 0 Å². The Morgan fingerprint density at radius 2 is 1.68 bits per heavy atom. The topological polar surface area (TPSA) is 59.1 Å². The van der Waals surface area contributed by atoms with Gasteiger partial charge in [0.1, 0.15) is 6.61 Å². The Balaban J connectivity index is 1.76. The second kappa shape index (κ2) is 14.5. The van der Waals surface area contributed by atoms with E-state index in [9.17, 15) is 9.59 Å². The van der Waals surface area contributed by atoms with Crippen LogP contribution in [-0.4, -0.2) is 66.6 Å². The van der Waals surface area contributed by atoms with Crippen LogP contribution in [0.1, 0.15) is 72.3 Å². The molecular weight excluding hydrogens is 428 g/mol. The molecule has 0 N–H and O–H groups in total. The molecular formula is C28H46N2O4. The Kier molecular flexibility index (Phi) is 12.1. The molecule has 1 aliphatic rings. The molecule has 0 aliphatic carbocycles. The van der Waals surface area contributed by atoms with Gasteiger partial charge in [-0.3, -0.25) is 9.69 Å². The smallest absolute Gasteiger partial charge is 0.338 e. The molecule has 1 aromatic rings. The zero-order valence-corrected chi connectivity index (χ0v) is 22.1. The molecule has 2 rings (SSSR count). The lowest BCUT2D eigenvalue weighted by Gasteiger charge is -2.35. The van der Waals surface area contributed by atoms with Gasteiger partial charge in [-0.05, 0) is 50.1 Å². The molecule has 1 amide bonds. The van der Waals surface area contributed by atoms with Crippen molar-refractivity contribution < 1.29 is 19.1 Å². The fourth-order valence-electron chi connectivity index (χ4n) is 4.48. The lowest BCUT2D eigenvalue weighted by molar-refractivity contribution is -0.173. The summed E-state index contributed by atoms with van der Waals surface area (Å²) in [6, 6.07) is 9.70. The van der Waals surface area contributed by atoms with Crippen LogP contribution in [0.5, 0.6) is 0 Å². The predicted octanol–water partition coefficient (Wildman–Crippen LogP) is 4.91. The summed E-state index contributed by atoms with van der Waals surface area (Å²) in [6.07, 6.45) is 3.99. The Hall–Kier alpha value is -1.92. The number of amides is 1. The van der Waals surface area contributed by atoms with E-state index >= 15 is 0 Å². The average Bonchev–Trinajstić information content (AvgIpc) is 2.83. The highest BCUT2D eigenvalue weighted by Gasteiger charge is 2.35. The van der Waals surface area contributed by atoms with Gasteiger partial charge in [0.25, 0.3) is 0 Å². The third-order valence-corrected chi connectivity index (χ3v) is 7.10. The highest BCUT2D eigenvalue weighted by Crippen LogP contribution is 2.25. The van der Waals surface area contributed by atoms with E-state index in [2.05, 4.69) is 25.7 Å². The van der Waals surface area contributed by atoms with Gasteiger partial charge in [-0.1, -0.05) is 64.4 Å². The van der Waals surface area contributed by atoms with Gasteiger partial charge in [-0.2, -0.15) is 0 Å². The van der Waals surface area contributed by atoms with Crippen molar-refractivity contribution in [2.24, 2.45) is 11.8 Å². The van der Waals surface area contributed by atoms with E-state index < -0.39 is 5.60 Å². The average molecular weight is 475 g/mol. The molecule has 0 saturated carbocycles. The number of rotatable bonds is 14. The summed E-state index contributed by atoms with van der Waals surface area (Å²) < 4.78 is 11.7. The molecule has 0 bridgehead atoms.